The van der Waals surface area contributed by atoms with Crippen LogP contribution in [0.3, 0.4) is 0 Å². The summed E-state index contributed by atoms with van der Waals surface area (Å²) < 4.78 is 1.65. The zero-order valence-corrected chi connectivity index (χ0v) is 18.5. The van der Waals surface area contributed by atoms with Crippen molar-refractivity contribution in [2.75, 3.05) is 5.32 Å². The van der Waals surface area contributed by atoms with Crippen molar-refractivity contribution in [2.45, 2.75) is 45.3 Å². The molecule has 0 aliphatic heterocycles. The van der Waals surface area contributed by atoms with Gasteiger partial charge in [-0.2, -0.15) is 0 Å². The maximum absolute atomic E-state index is 13.3. The molecule has 0 aliphatic rings. The number of hydrogen-bond donors (Lipinski definition) is 2. The van der Waals surface area contributed by atoms with E-state index in [9.17, 15) is 4.79 Å². The Morgan fingerprint density at radius 1 is 1.30 bits per heavy atom. The quantitative estimate of drug-likeness (QED) is 0.466. The number of nitrogens with zero attached hydrogens (tertiary/aromatic N) is 5. The van der Waals surface area contributed by atoms with Crippen LogP contribution >= 0.6 is 22.9 Å². The molecular formula is C20H22ClN7OS. The summed E-state index contributed by atoms with van der Waals surface area (Å²) in [6.45, 7) is 6.22. The lowest BCUT2D eigenvalue weighted by molar-refractivity contribution is 0.422. The fourth-order valence-electron chi connectivity index (χ4n) is 3.26. The summed E-state index contributed by atoms with van der Waals surface area (Å²) in [7, 11) is 0. The van der Waals surface area contributed by atoms with Gasteiger partial charge in [-0.25, -0.2) is 19.9 Å². The van der Waals surface area contributed by atoms with Gasteiger partial charge in [0.15, 0.2) is 5.82 Å². The average molecular weight is 444 g/mol. The molecule has 156 valence electrons. The minimum absolute atomic E-state index is 0.181. The third-order valence-corrected chi connectivity index (χ3v) is 5.87. The molecule has 1 aromatic carbocycles. The molecule has 8 nitrogen and oxygen atoms in total. The van der Waals surface area contributed by atoms with Gasteiger partial charge in [0.2, 0.25) is 0 Å². The lowest BCUT2D eigenvalue weighted by atomic mass is 10.0. The van der Waals surface area contributed by atoms with E-state index >= 15 is 0 Å². The van der Waals surface area contributed by atoms with E-state index in [-0.39, 0.29) is 11.6 Å². The first-order valence-electron chi connectivity index (χ1n) is 9.53. The molecule has 10 heteroatoms. The van der Waals surface area contributed by atoms with Crippen LogP contribution in [0.5, 0.6) is 0 Å². The summed E-state index contributed by atoms with van der Waals surface area (Å²) in [5, 5.41) is 4.14. The Kier molecular flexibility index (Phi) is 5.44. The van der Waals surface area contributed by atoms with Gasteiger partial charge in [0.05, 0.1) is 27.5 Å². The molecule has 0 aliphatic carbocycles. The predicted molar refractivity (Wildman–Crippen MR) is 121 cm³/mol. The van der Waals surface area contributed by atoms with Crippen LogP contribution in [-0.4, -0.2) is 30.0 Å². The molecule has 3 heterocycles. The standard InChI is InChI=1S/C20H22ClN7OS/c1-11(26-16-15-18(24-9-23-16)30-10-25-15)17-27-13-6-4-5-12(21)14(13)19(29)28(17)8-7-20(2,3)22/h4-6,9-11H,7-8,22H2,1-3H3,(H,23,24,26)/t11-/m0/s1. The minimum Gasteiger partial charge on any atom is -0.358 e. The number of thiazole rings is 1. The van der Waals surface area contributed by atoms with E-state index in [1.807, 2.05) is 20.8 Å². The lowest BCUT2D eigenvalue weighted by Gasteiger charge is -2.23. The van der Waals surface area contributed by atoms with Gasteiger partial charge < -0.3 is 11.1 Å². The van der Waals surface area contributed by atoms with Crippen molar-refractivity contribution in [1.82, 2.24) is 24.5 Å². The molecule has 3 N–H and O–H groups in total. The highest BCUT2D eigenvalue weighted by molar-refractivity contribution is 7.16. The van der Waals surface area contributed by atoms with Crippen LogP contribution in [0.15, 0.2) is 34.8 Å². The second-order valence-electron chi connectivity index (χ2n) is 7.89. The van der Waals surface area contributed by atoms with E-state index in [0.717, 1.165) is 4.83 Å². The molecule has 0 saturated heterocycles. The third-order valence-electron chi connectivity index (χ3n) is 4.82. The van der Waals surface area contributed by atoms with Crippen LogP contribution in [0.4, 0.5) is 5.82 Å². The van der Waals surface area contributed by atoms with Gasteiger partial charge in [0.25, 0.3) is 5.56 Å². The summed E-state index contributed by atoms with van der Waals surface area (Å²) in [5.41, 5.74) is 8.54. The van der Waals surface area contributed by atoms with Crippen LogP contribution in [0, 0.1) is 0 Å². The molecule has 0 unspecified atom stereocenters. The van der Waals surface area contributed by atoms with E-state index in [2.05, 4.69) is 20.3 Å². The van der Waals surface area contributed by atoms with Crippen molar-refractivity contribution >= 4 is 50.0 Å². The van der Waals surface area contributed by atoms with E-state index < -0.39 is 5.54 Å². The molecule has 0 fully saturated rings. The van der Waals surface area contributed by atoms with Crippen LogP contribution in [0.25, 0.3) is 21.3 Å². The number of anilines is 1. The molecule has 0 amide bonds. The fourth-order valence-corrected chi connectivity index (χ4v) is 4.13. The minimum atomic E-state index is -0.428. The van der Waals surface area contributed by atoms with Crippen LogP contribution in [0.2, 0.25) is 5.02 Å². The van der Waals surface area contributed by atoms with Crippen molar-refractivity contribution in [3.05, 3.63) is 51.2 Å². The normalized spacial score (nSPS) is 13.1. The first kappa shape index (κ1) is 20.6. The molecule has 0 saturated carbocycles. The van der Waals surface area contributed by atoms with Gasteiger partial charge in [0.1, 0.15) is 22.5 Å². The summed E-state index contributed by atoms with van der Waals surface area (Å²) in [6, 6.07) is 4.96. The molecule has 4 aromatic rings. The smallest absolute Gasteiger partial charge is 0.262 e. The highest BCUT2D eigenvalue weighted by atomic mass is 35.5. The first-order valence-corrected chi connectivity index (χ1v) is 10.8. The van der Waals surface area contributed by atoms with Gasteiger partial charge in [-0.05, 0) is 39.3 Å². The molecule has 0 spiro atoms. The van der Waals surface area contributed by atoms with Crippen LogP contribution < -0.4 is 16.6 Å². The van der Waals surface area contributed by atoms with Gasteiger partial charge in [-0.3, -0.25) is 9.36 Å². The number of hydrogen-bond acceptors (Lipinski definition) is 8. The summed E-state index contributed by atoms with van der Waals surface area (Å²) in [4.78, 5) is 31.8. The van der Waals surface area contributed by atoms with Gasteiger partial charge in [-0.1, -0.05) is 17.7 Å². The highest BCUT2D eigenvalue weighted by Crippen LogP contribution is 2.26. The van der Waals surface area contributed by atoms with Crippen molar-refractivity contribution in [3.63, 3.8) is 0 Å². The Hall–Kier alpha value is -2.62. The first-order chi connectivity index (χ1) is 14.2. The second-order valence-corrected chi connectivity index (χ2v) is 9.13. The number of benzene rings is 1. The SMILES string of the molecule is C[C@H](Nc1ncnc2scnc12)c1nc2cccc(Cl)c2c(=O)n1CCC(C)(C)N. The monoisotopic (exact) mass is 443 g/mol. The van der Waals surface area contributed by atoms with Crippen molar-refractivity contribution < 1.29 is 0 Å². The van der Waals surface area contributed by atoms with Crippen molar-refractivity contribution in [1.29, 1.82) is 0 Å². The zero-order valence-electron chi connectivity index (χ0n) is 16.9. The van der Waals surface area contributed by atoms with E-state index in [4.69, 9.17) is 22.3 Å². The predicted octanol–water partition coefficient (Wildman–Crippen LogP) is 3.75. The van der Waals surface area contributed by atoms with Crippen molar-refractivity contribution in [2.24, 2.45) is 5.73 Å². The summed E-state index contributed by atoms with van der Waals surface area (Å²) >= 11 is 7.76. The van der Waals surface area contributed by atoms with Gasteiger partial charge in [-0.15, -0.1) is 11.3 Å². The number of halogens is 1. The molecular weight excluding hydrogens is 422 g/mol. The number of rotatable bonds is 6. The van der Waals surface area contributed by atoms with Gasteiger partial charge in [0, 0.05) is 12.1 Å². The Balaban J connectivity index is 1.81. The number of fused-ring (bicyclic) bond motifs is 2. The van der Waals surface area contributed by atoms with Crippen molar-refractivity contribution in [3.8, 4) is 0 Å². The third kappa shape index (κ3) is 4.00. The molecule has 30 heavy (non-hydrogen) atoms. The maximum Gasteiger partial charge on any atom is 0.262 e. The van der Waals surface area contributed by atoms with E-state index in [1.54, 1.807) is 28.3 Å². The summed E-state index contributed by atoms with van der Waals surface area (Å²) in [5.74, 6) is 1.18. The van der Waals surface area contributed by atoms with Crippen LogP contribution in [0.1, 0.15) is 39.1 Å². The number of nitrogens with one attached hydrogen (secondary N) is 1. The lowest BCUT2D eigenvalue weighted by Crippen LogP contribution is -2.36. The maximum atomic E-state index is 13.3. The largest absolute Gasteiger partial charge is 0.358 e. The molecule has 4 rings (SSSR count). The second kappa shape index (κ2) is 7.90. The summed E-state index contributed by atoms with van der Waals surface area (Å²) in [6.07, 6.45) is 2.10. The van der Waals surface area contributed by atoms with E-state index in [1.165, 1.54) is 17.7 Å². The van der Waals surface area contributed by atoms with Gasteiger partial charge >= 0.3 is 0 Å². The fraction of sp³-hybridized carbons (Fsp3) is 0.350. The molecule has 0 radical (unpaired) electrons. The molecule has 3 aromatic heterocycles. The number of nitrogens with two attached hydrogens (primary N) is 1. The average Bonchev–Trinajstić information content (AvgIpc) is 3.16. The Morgan fingerprint density at radius 3 is 2.87 bits per heavy atom. The van der Waals surface area contributed by atoms with E-state index in [0.29, 0.717) is 46.1 Å². The topological polar surface area (TPSA) is 112 Å². The molecule has 0 bridgehead atoms. The Bertz CT molecular complexity index is 1280. The molecule has 1 atom stereocenters. The number of aromatic nitrogens is 5. The van der Waals surface area contributed by atoms with Crippen LogP contribution in [-0.2, 0) is 6.54 Å². The Labute approximate surface area is 182 Å². The Morgan fingerprint density at radius 2 is 2.10 bits per heavy atom. The highest BCUT2D eigenvalue weighted by Gasteiger charge is 2.21. The zero-order chi connectivity index (χ0) is 21.5.